The molecule has 4 heteroatoms. The van der Waals surface area contributed by atoms with E-state index in [0.717, 1.165) is 57.4 Å². The first-order chi connectivity index (χ1) is 16.9. The first-order valence-electron chi connectivity index (χ1n) is 13.7. The SMILES string of the molecule is CC(C)(C)C1CCN(C=O)C(C2CC2CN2CCN(C(c3ccccc3)c3ccccc3)CC2)C1. The Balaban J connectivity index is 1.18. The van der Waals surface area contributed by atoms with Crippen LogP contribution >= 0.6 is 0 Å². The number of piperidine rings is 1. The van der Waals surface area contributed by atoms with Crippen LogP contribution in [0.3, 0.4) is 0 Å². The van der Waals surface area contributed by atoms with Gasteiger partial charge >= 0.3 is 0 Å². The highest BCUT2D eigenvalue weighted by Gasteiger charge is 2.48. The van der Waals surface area contributed by atoms with Crippen molar-refractivity contribution in [3.8, 4) is 0 Å². The molecule has 4 unspecified atom stereocenters. The van der Waals surface area contributed by atoms with Gasteiger partial charge in [-0.05, 0) is 53.6 Å². The van der Waals surface area contributed by atoms with Crippen LogP contribution in [0.25, 0.3) is 0 Å². The maximum atomic E-state index is 11.8. The van der Waals surface area contributed by atoms with Crippen molar-refractivity contribution in [3.05, 3.63) is 71.8 Å². The van der Waals surface area contributed by atoms with Crippen LogP contribution in [0.15, 0.2) is 60.7 Å². The number of hydrogen-bond acceptors (Lipinski definition) is 3. The second-order valence-electron chi connectivity index (χ2n) is 12.2. The zero-order chi connectivity index (χ0) is 24.4. The summed E-state index contributed by atoms with van der Waals surface area (Å²) in [4.78, 5) is 19.3. The van der Waals surface area contributed by atoms with Gasteiger partial charge in [0.2, 0.25) is 6.41 Å². The number of carbonyl (C=O) groups is 1. The van der Waals surface area contributed by atoms with Gasteiger partial charge in [0.25, 0.3) is 0 Å². The third-order valence-electron chi connectivity index (χ3n) is 9.01. The van der Waals surface area contributed by atoms with E-state index in [2.05, 4.69) is 96.1 Å². The normalized spacial score (nSPS) is 28.3. The predicted octanol–water partition coefficient (Wildman–Crippen LogP) is 5.31. The van der Waals surface area contributed by atoms with Crippen LogP contribution in [-0.2, 0) is 4.79 Å². The average molecular weight is 474 g/mol. The van der Waals surface area contributed by atoms with Gasteiger partial charge in [-0.15, -0.1) is 0 Å². The summed E-state index contributed by atoms with van der Waals surface area (Å²) in [5, 5.41) is 0. The number of amides is 1. The lowest BCUT2D eigenvalue weighted by atomic mass is 9.72. The molecule has 2 heterocycles. The minimum atomic E-state index is 0.325. The van der Waals surface area contributed by atoms with Crippen LogP contribution in [-0.4, -0.2) is 66.4 Å². The molecule has 5 rings (SSSR count). The van der Waals surface area contributed by atoms with E-state index in [1.54, 1.807) is 0 Å². The maximum absolute atomic E-state index is 11.8. The third-order valence-corrected chi connectivity index (χ3v) is 9.01. The predicted molar refractivity (Wildman–Crippen MR) is 143 cm³/mol. The molecule has 1 aliphatic carbocycles. The summed E-state index contributed by atoms with van der Waals surface area (Å²) in [5.41, 5.74) is 3.10. The van der Waals surface area contributed by atoms with Gasteiger partial charge in [0.1, 0.15) is 0 Å². The third kappa shape index (κ3) is 5.65. The minimum Gasteiger partial charge on any atom is -0.342 e. The monoisotopic (exact) mass is 473 g/mol. The van der Waals surface area contributed by atoms with E-state index in [-0.39, 0.29) is 0 Å². The van der Waals surface area contributed by atoms with Gasteiger partial charge in [0.15, 0.2) is 0 Å². The number of benzene rings is 2. The first-order valence-corrected chi connectivity index (χ1v) is 13.7. The number of likely N-dealkylation sites (tertiary alicyclic amines) is 1. The Hall–Kier alpha value is -2.17. The van der Waals surface area contributed by atoms with Crippen molar-refractivity contribution < 1.29 is 4.79 Å². The summed E-state index contributed by atoms with van der Waals surface area (Å²) in [5.74, 6) is 2.18. The summed E-state index contributed by atoms with van der Waals surface area (Å²) >= 11 is 0. The highest BCUT2D eigenvalue weighted by atomic mass is 16.1. The molecule has 0 spiro atoms. The van der Waals surface area contributed by atoms with Gasteiger partial charge in [-0.25, -0.2) is 0 Å². The molecule has 3 fully saturated rings. The molecule has 4 nitrogen and oxygen atoms in total. The molecule has 2 aromatic carbocycles. The van der Waals surface area contributed by atoms with Crippen LogP contribution in [0.1, 0.15) is 57.2 Å². The van der Waals surface area contributed by atoms with Crippen molar-refractivity contribution in [2.45, 2.75) is 52.1 Å². The second kappa shape index (κ2) is 10.4. The minimum absolute atomic E-state index is 0.325. The summed E-state index contributed by atoms with van der Waals surface area (Å²) in [7, 11) is 0. The quantitative estimate of drug-likeness (QED) is 0.510. The van der Waals surface area contributed by atoms with E-state index in [0.29, 0.717) is 23.4 Å². The smallest absolute Gasteiger partial charge is 0.209 e. The maximum Gasteiger partial charge on any atom is 0.209 e. The number of rotatable bonds is 7. The summed E-state index contributed by atoms with van der Waals surface area (Å²) in [6.07, 6.45) is 4.77. The Morgan fingerprint density at radius 3 is 2.00 bits per heavy atom. The van der Waals surface area contributed by atoms with E-state index < -0.39 is 0 Å². The molecule has 0 bridgehead atoms. The van der Waals surface area contributed by atoms with Crippen LogP contribution in [0, 0.1) is 23.2 Å². The van der Waals surface area contributed by atoms with Gasteiger partial charge in [-0.3, -0.25) is 9.69 Å². The van der Waals surface area contributed by atoms with E-state index in [1.807, 2.05) is 0 Å². The van der Waals surface area contributed by atoms with Crippen molar-refractivity contribution in [3.63, 3.8) is 0 Å². The van der Waals surface area contributed by atoms with Crippen molar-refractivity contribution in [2.75, 3.05) is 39.3 Å². The Morgan fingerprint density at radius 2 is 1.46 bits per heavy atom. The van der Waals surface area contributed by atoms with Gasteiger partial charge in [0.05, 0.1) is 6.04 Å². The molecule has 2 saturated heterocycles. The molecule has 2 aromatic rings. The van der Waals surface area contributed by atoms with Crippen molar-refractivity contribution in [1.29, 1.82) is 0 Å². The molecule has 1 saturated carbocycles. The van der Waals surface area contributed by atoms with Crippen LogP contribution < -0.4 is 0 Å². The average Bonchev–Trinajstić information content (AvgIpc) is 3.64. The zero-order valence-corrected chi connectivity index (χ0v) is 21.9. The van der Waals surface area contributed by atoms with Crippen molar-refractivity contribution in [2.24, 2.45) is 23.2 Å². The molecule has 0 N–H and O–H groups in total. The highest BCUT2D eigenvalue weighted by molar-refractivity contribution is 5.48. The fourth-order valence-electron chi connectivity index (χ4n) is 6.73. The molecule has 0 aromatic heterocycles. The molecule has 0 radical (unpaired) electrons. The van der Waals surface area contributed by atoms with Crippen molar-refractivity contribution in [1.82, 2.24) is 14.7 Å². The number of nitrogens with zero attached hydrogens (tertiary/aromatic N) is 3. The first kappa shape index (κ1) is 24.5. The molecule has 35 heavy (non-hydrogen) atoms. The molecular weight excluding hydrogens is 430 g/mol. The molecular formula is C31H43N3O. The Bertz CT molecular complexity index is 909. The molecule has 3 aliphatic rings. The Kier molecular flexibility index (Phi) is 7.31. The van der Waals surface area contributed by atoms with E-state index in [9.17, 15) is 4.79 Å². The molecule has 188 valence electrons. The summed E-state index contributed by atoms with van der Waals surface area (Å²) in [6, 6.07) is 22.7. The van der Waals surface area contributed by atoms with Gasteiger partial charge < -0.3 is 9.80 Å². The standard InChI is InChI=1S/C31H43N3O/c1-31(2,3)27-14-15-34(23-35)29(21-27)28-20-26(28)22-32-16-18-33(19-17-32)30(24-10-6-4-7-11-24)25-12-8-5-9-13-25/h4-13,23,26-30H,14-22H2,1-3H3. The van der Waals surface area contributed by atoms with Crippen LogP contribution in [0.5, 0.6) is 0 Å². The lowest BCUT2D eigenvalue weighted by molar-refractivity contribution is -0.123. The number of piperazine rings is 1. The zero-order valence-electron chi connectivity index (χ0n) is 21.9. The molecule has 1 amide bonds. The second-order valence-corrected chi connectivity index (χ2v) is 12.2. The topological polar surface area (TPSA) is 26.8 Å². The van der Waals surface area contributed by atoms with E-state index >= 15 is 0 Å². The van der Waals surface area contributed by atoms with Gasteiger partial charge in [0, 0.05) is 45.3 Å². The lowest BCUT2D eigenvalue weighted by Crippen LogP contribution is -2.49. The number of hydrogen-bond donors (Lipinski definition) is 0. The Morgan fingerprint density at radius 1 is 0.857 bits per heavy atom. The fraction of sp³-hybridized carbons (Fsp3) is 0.581. The van der Waals surface area contributed by atoms with Crippen molar-refractivity contribution >= 4 is 6.41 Å². The van der Waals surface area contributed by atoms with Crippen LogP contribution in [0.2, 0.25) is 0 Å². The molecule has 4 atom stereocenters. The summed E-state index contributed by atoms with van der Waals surface area (Å²) < 4.78 is 0. The molecule has 2 aliphatic heterocycles. The summed E-state index contributed by atoms with van der Waals surface area (Å²) in [6.45, 7) is 13.7. The van der Waals surface area contributed by atoms with E-state index in [4.69, 9.17) is 0 Å². The fourth-order valence-corrected chi connectivity index (χ4v) is 6.73. The highest BCUT2D eigenvalue weighted by Crippen LogP contribution is 2.49. The van der Waals surface area contributed by atoms with Gasteiger partial charge in [-0.1, -0.05) is 81.4 Å². The Labute approximate surface area is 212 Å². The van der Waals surface area contributed by atoms with Crippen LogP contribution in [0.4, 0.5) is 0 Å². The number of carbonyl (C=O) groups excluding carboxylic acids is 1. The van der Waals surface area contributed by atoms with E-state index in [1.165, 1.54) is 30.5 Å². The largest absolute Gasteiger partial charge is 0.342 e. The lowest BCUT2D eigenvalue weighted by Gasteiger charge is -2.43. The van der Waals surface area contributed by atoms with Gasteiger partial charge in [-0.2, -0.15) is 0 Å².